The van der Waals surface area contributed by atoms with Crippen molar-refractivity contribution in [3.63, 3.8) is 0 Å². The van der Waals surface area contributed by atoms with E-state index in [0.29, 0.717) is 11.6 Å². The Morgan fingerprint density at radius 3 is 2.73 bits per heavy atom. The molecule has 0 unspecified atom stereocenters. The number of anilines is 1. The molecule has 4 N–H and O–H groups in total. The topological polar surface area (TPSA) is 84.2 Å². The van der Waals surface area contributed by atoms with E-state index < -0.39 is 11.7 Å². The third kappa shape index (κ3) is 4.19. The summed E-state index contributed by atoms with van der Waals surface area (Å²) < 4.78 is 13.4. The van der Waals surface area contributed by atoms with Crippen LogP contribution in [0, 0.1) is 11.7 Å². The first-order valence-corrected chi connectivity index (χ1v) is 7.60. The second kappa shape index (κ2) is 7.24. The zero-order valence-corrected chi connectivity index (χ0v) is 12.7. The van der Waals surface area contributed by atoms with Crippen molar-refractivity contribution < 1.29 is 14.0 Å². The summed E-state index contributed by atoms with van der Waals surface area (Å²) in [6.07, 6.45) is 4.51. The lowest BCUT2D eigenvalue weighted by atomic mass is 9.86. The standard InChI is InChI=1S/C16H22FN3O2/c1-10-4-2-3-5-14(10)20-15(21)9-19-11-6-7-13(17)12(8-11)16(18)22/h6-8,10,14,19H,2-5,9H2,1H3,(H2,18,22)(H,20,21)/t10-,14+/m0/s1. The molecule has 5 nitrogen and oxygen atoms in total. The Bertz CT molecular complexity index is 562. The van der Waals surface area contributed by atoms with Gasteiger partial charge in [-0.3, -0.25) is 9.59 Å². The van der Waals surface area contributed by atoms with E-state index >= 15 is 0 Å². The molecule has 1 aliphatic carbocycles. The molecule has 1 aromatic carbocycles. The molecule has 1 aliphatic rings. The fraction of sp³-hybridized carbons (Fsp3) is 0.500. The molecule has 0 aliphatic heterocycles. The van der Waals surface area contributed by atoms with Crippen LogP contribution in [-0.2, 0) is 4.79 Å². The Hall–Kier alpha value is -2.11. The number of nitrogens with two attached hydrogens (primary N) is 1. The quantitative estimate of drug-likeness (QED) is 0.778. The molecule has 0 bridgehead atoms. The summed E-state index contributed by atoms with van der Waals surface area (Å²) in [5.74, 6) is -1.12. The highest BCUT2D eigenvalue weighted by molar-refractivity contribution is 5.94. The van der Waals surface area contributed by atoms with Crippen LogP contribution in [0.5, 0.6) is 0 Å². The predicted molar refractivity (Wildman–Crippen MR) is 83.0 cm³/mol. The Labute approximate surface area is 129 Å². The first-order chi connectivity index (χ1) is 10.5. The van der Waals surface area contributed by atoms with E-state index in [0.717, 1.165) is 25.3 Å². The highest BCUT2D eigenvalue weighted by Crippen LogP contribution is 2.23. The van der Waals surface area contributed by atoms with Crippen LogP contribution in [0.25, 0.3) is 0 Å². The highest BCUT2D eigenvalue weighted by Gasteiger charge is 2.22. The van der Waals surface area contributed by atoms with Crippen LogP contribution >= 0.6 is 0 Å². The fourth-order valence-corrected chi connectivity index (χ4v) is 2.79. The molecule has 6 heteroatoms. The van der Waals surface area contributed by atoms with E-state index in [1.165, 1.54) is 18.6 Å². The molecule has 22 heavy (non-hydrogen) atoms. The minimum Gasteiger partial charge on any atom is -0.376 e. The molecule has 0 saturated heterocycles. The van der Waals surface area contributed by atoms with E-state index in [-0.39, 0.29) is 24.1 Å². The zero-order chi connectivity index (χ0) is 16.1. The molecule has 1 fully saturated rings. The molecule has 0 spiro atoms. The third-order valence-electron chi connectivity index (χ3n) is 4.14. The van der Waals surface area contributed by atoms with E-state index in [2.05, 4.69) is 17.6 Å². The molecule has 1 saturated carbocycles. The lowest BCUT2D eigenvalue weighted by Crippen LogP contribution is -2.43. The van der Waals surface area contributed by atoms with Gasteiger partial charge in [-0.1, -0.05) is 19.8 Å². The predicted octanol–water partition coefficient (Wildman–Crippen LogP) is 2.03. The van der Waals surface area contributed by atoms with Crippen LogP contribution in [-0.4, -0.2) is 24.4 Å². The molecule has 0 aromatic heterocycles. The average molecular weight is 307 g/mol. The number of amides is 2. The molecule has 2 amide bonds. The Morgan fingerprint density at radius 1 is 1.32 bits per heavy atom. The number of carbonyl (C=O) groups excluding carboxylic acids is 2. The van der Waals surface area contributed by atoms with Crippen molar-refractivity contribution in [2.45, 2.75) is 38.6 Å². The van der Waals surface area contributed by atoms with Crippen LogP contribution in [0.2, 0.25) is 0 Å². The summed E-state index contributed by atoms with van der Waals surface area (Å²) in [6.45, 7) is 2.23. The van der Waals surface area contributed by atoms with Crippen molar-refractivity contribution in [2.75, 3.05) is 11.9 Å². The van der Waals surface area contributed by atoms with E-state index in [9.17, 15) is 14.0 Å². The van der Waals surface area contributed by atoms with Gasteiger partial charge in [0.05, 0.1) is 12.1 Å². The van der Waals surface area contributed by atoms with Gasteiger partial charge < -0.3 is 16.4 Å². The number of primary amides is 1. The average Bonchev–Trinajstić information content (AvgIpc) is 2.48. The summed E-state index contributed by atoms with van der Waals surface area (Å²) in [4.78, 5) is 23.1. The number of hydrogen-bond acceptors (Lipinski definition) is 3. The van der Waals surface area contributed by atoms with E-state index in [1.807, 2.05) is 0 Å². The minimum atomic E-state index is -0.832. The van der Waals surface area contributed by atoms with Gasteiger partial charge in [-0.2, -0.15) is 0 Å². The van der Waals surface area contributed by atoms with Gasteiger partial charge in [0.15, 0.2) is 0 Å². The SMILES string of the molecule is C[C@H]1CCCC[C@H]1NC(=O)CNc1ccc(F)c(C(N)=O)c1. The van der Waals surface area contributed by atoms with Gasteiger partial charge in [-0.05, 0) is 37.0 Å². The van der Waals surface area contributed by atoms with Crippen LogP contribution in [0.15, 0.2) is 18.2 Å². The molecule has 2 atom stereocenters. The van der Waals surface area contributed by atoms with Gasteiger partial charge in [0, 0.05) is 11.7 Å². The van der Waals surface area contributed by atoms with Crippen molar-refractivity contribution in [2.24, 2.45) is 11.7 Å². The summed E-state index contributed by atoms with van der Waals surface area (Å²) in [5, 5.41) is 5.91. The van der Waals surface area contributed by atoms with E-state index in [1.54, 1.807) is 0 Å². The summed E-state index contributed by atoms with van der Waals surface area (Å²) in [7, 11) is 0. The van der Waals surface area contributed by atoms with E-state index in [4.69, 9.17) is 5.73 Å². The Balaban J connectivity index is 1.88. The third-order valence-corrected chi connectivity index (χ3v) is 4.14. The van der Waals surface area contributed by atoms with Crippen LogP contribution in [0.1, 0.15) is 43.0 Å². The van der Waals surface area contributed by atoms with Gasteiger partial charge in [-0.25, -0.2) is 4.39 Å². The smallest absolute Gasteiger partial charge is 0.251 e. The van der Waals surface area contributed by atoms with Gasteiger partial charge in [-0.15, -0.1) is 0 Å². The molecule has 0 heterocycles. The van der Waals surface area contributed by atoms with Gasteiger partial charge in [0.2, 0.25) is 5.91 Å². The molecule has 2 rings (SSSR count). The lowest BCUT2D eigenvalue weighted by Gasteiger charge is -2.29. The molecule has 0 radical (unpaired) electrons. The lowest BCUT2D eigenvalue weighted by molar-refractivity contribution is -0.120. The Kier molecular flexibility index (Phi) is 5.35. The first-order valence-electron chi connectivity index (χ1n) is 7.60. The van der Waals surface area contributed by atoms with Crippen molar-refractivity contribution in [3.05, 3.63) is 29.6 Å². The number of nitrogens with one attached hydrogen (secondary N) is 2. The summed E-state index contributed by atoms with van der Waals surface area (Å²) in [6, 6.07) is 4.16. The van der Waals surface area contributed by atoms with Crippen molar-refractivity contribution in [3.8, 4) is 0 Å². The van der Waals surface area contributed by atoms with Crippen molar-refractivity contribution >= 4 is 17.5 Å². The second-order valence-electron chi connectivity index (χ2n) is 5.85. The molecule has 120 valence electrons. The van der Waals surface area contributed by atoms with Gasteiger partial charge >= 0.3 is 0 Å². The fourth-order valence-electron chi connectivity index (χ4n) is 2.79. The maximum absolute atomic E-state index is 13.4. The summed E-state index contributed by atoms with van der Waals surface area (Å²) in [5.41, 5.74) is 5.39. The van der Waals surface area contributed by atoms with Crippen LogP contribution in [0.3, 0.4) is 0 Å². The summed E-state index contributed by atoms with van der Waals surface area (Å²) >= 11 is 0. The van der Waals surface area contributed by atoms with Crippen molar-refractivity contribution in [1.82, 2.24) is 5.32 Å². The number of carbonyl (C=O) groups is 2. The van der Waals surface area contributed by atoms with Gasteiger partial charge in [0.1, 0.15) is 5.82 Å². The molecule has 1 aromatic rings. The number of rotatable bonds is 5. The highest BCUT2D eigenvalue weighted by atomic mass is 19.1. The van der Waals surface area contributed by atoms with Crippen molar-refractivity contribution in [1.29, 1.82) is 0 Å². The number of halogens is 1. The molecular weight excluding hydrogens is 285 g/mol. The number of benzene rings is 1. The number of hydrogen-bond donors (Lipinski definition) is 3. The minimum absolute atomic E-state index is 0.0764. The maximum atomic E-state index is 13.4. The Morgan fingerprint density at radius 2 is 2.05 bits per heavy atom. The second-order valence-corrected chi connectivity index (χ2v) is 5.85. The van der Waals surface area contributed by atoms with Crippen LogP contribution in [0.4, 0.5) is 10.1 Å². The first kappa shape index (κ1) is 16.3. The normalized spacial score (nSPS) is 21.2. The largest absolute Gasteiger partial charge is 0.376 e. The van der Waals surface area contributed by atoms with Gasteiger partial charge in [0.25, 0.3) is 5.91 Å². The maximum Gasteiger partial charge on any atom is 0.251 e. The van der Waals surface area contributed by atoms with Crippen LogP contribution < -0.4 is 16.4 Å². The monoisotopic (exact) mass is 307 g/mol. The zero-order valence-electron chi connectivity index (χ0n) is 12.7. The molecular formula is C16H22FN3O2.